The summed E-state index contributed by atoms with van der Waals surface area (Å²) in [5, 5.41) is 0. The number of carbonyl (C=O) groups excluding carboxylic acids is 1. The maximum Gasteiger partial charge on any atom is 0.243 e. The third-order valence-corrected chi connectivity index (χ3v) is 8.69. The van der Waals surface area contributed by atoms with Gasteiger partial charge in [0.1, 0.15) is 0 Å². The SMILES string of the molecule is Cc1ccc(C)c(S(=O)(=O)N2CCC[C@@H](C(=O)N3c4ccc(Br)cc4C[C@H]3C)C2)c1. The molecule has 0 N–H and O–H groups in total. The minimum atomic E-state index is -3.63. The number of piperidine rings is 1. The molecule has 1 fully saturated rings. The Balaban J connectivity index is 1.59. The topological polar surface area (TPSA) is 57.7 Å². The fourth-order valence-electron chi connectivity index (χ4n) is 4.62. The first kappa shape index (κ1) is 21.5. The molecular formula is C23H27BrN2O3S. The Morgan fingerprint density at radius 1 is 1.13 bits per heavy atom. The number of anilines is 1. The molecule has 2 atom stereocenters. The van der Waals surface area contributed by atoms with Gasteiger partial charge in [0.2, 0.25) is 15.9 Å². The van der Waals surface area contributed by atoms with E-state index < -0.39 is 10.0 Å². The van der Waals surface area contributed by atoms with Gasteiger partial charge in [-0.25, -0.2) is 8.42 Å². The van der Waals surface area contributed by atoms with Crippen LogP contribution in [0.3, 0.4) is 0 Å². The zero-order valence-corrected chi connectivity index (χ0v) is 20.0. The van der Waals surface area contributed by atoms with Crippen molar-refractivity contribution in [3.8, 4) is 0 Å². The van der Waals surface area contributed by atoms with Crippen molar-refractivity contribution in [2.24, 2.45) is 5.92 Å². The minimum Gasteiger partial charge on any atom is -0.309 e. The Hall–Kier alpha value is -1.70. The molecule has 0 unspecified atom stereocenters. The van der Waals surface area contributed by atoms with E-state index in [1.807, 2.05) is 43.0 Å². The lowest BCUT2D eigenvalue weighted by Gasteiger charge is -2.35. The van der Waals surface area contributed by atoms with Gasteiger partial charge in [-0.1, -0.05) is 28.1 Å². The Bertz CT molecular complexity index is 1100. The van der Waals surface area contributed by atoms with Gasteiger partial charge in [-0.15, -0.1) is 0 Å². The largest absolute Gasteiger partial charge is 0.309 e. The van der Waals surface area contributed by atoms with Crippen molar-refractivity contribution < 1.29 is 13.2 Å². The smallest absolute Gasteiger partial charge is 0.243 e. The summed E-state index contributed by atoms with van der Waals surface area (Å²) in [6.07, 6.45) is 2.22. The number of benzene rings is 2. The summed E-state index contributed by atoms with van der Waals surface area (Å²) >= 11 is 3.50. The van der Waals surface area contributed by atoms with Crippen molar-refractivity contribution in [1.82, 2.24) is 4.31 Å². The summed E-state index contributed by atoms with van der Waals surface area (Å²) in [5.41, 5.74) is 3.75. The van der Waals surface area contributed by atoms with E-state index in [2.05, 4.69) is 28.9 Å². The molecule has 0 radical (unpaired) electrons. The molecule has 2 aromatic carbocycles. The van der Waals surface area contributed by atoms with Gasteiger partial charge < -0.3 is 4.90 Å². The minimum absolute atomic E-state index is 0.0319. The third kappa shape index (κ3) is 3.83. The molecule has 7 heteroatoms. The highest BCUT2D eigenvalue weighted by molar-refractivity contribution is 9.10. The molecule has 2 aromatic rings. The second-order valence-corrected chi connectivity index (χ2v) is 11.3. The standard InChI is InChI=1S/C23H27BrN2O3S/c1-15-6-7-16(2)22(11-15)30(28,29)25-10-4-5-18(14-25)23(27)26-17(3)12-19-13-20(24)8-9-21(19)26/h6-9,11,13,17-18H,4-5,10,12,14H2,1-3H3/t17-,18-/m1/s1. The second kappa shape index (κ2) is 8.09. The number of hydrogen-bond donors (Lipinski definition) is 0. The lowest BCUT2D eigenvalue weighted by atomic mass is 9.97. The van der Waals surface area contributed by atoms with Gasteiger partial charge >= 0.3 is 0 Å². The van der Waals surface area contributed by atoms with E-state index in [0.717, 1.165) is 33.3 Å². The number of carbonyl (C=O) groups is 1. The van der Waals surface area contributed by atoms with Crippen LogP contribution in [-0.2, 0) is 21.2 Å². The van der Waals surface area contributed by atoms with Crippen LogP contribution in [0.5, 0.6) is 0 Å². The van der Waals surface area contributed by atoms with Crippen molar-refractivity contribution in [3.05, 3.63) is 57.6 Å². The van der Waals surface area contributed by atoms with Crippen LogP contribution in [-0.4, -0.2) is 37.8 Å². The normalized spacial score (nSPS) is 22.2. The maximum atomic E-state index is 13.5. The van der Waals surface area contributed by atoms with E-state index in [1.165, 1.54) is 4.31 Å². The monoisotopic (exact) mass is 490 g/mol. The van der Waals surface area contributed by atoms with Gasteiger partial charge in [0.15, 0.2) is 0 Å². The average Bonchev–Trinajstić information content (AvgIpc) is 3.04. The molecule has 4 rings (SSSR count). The summed E-state index contributed by atoms with van der Waals surface area (Å²) in [7, 11) is -3.63. The zero-order valence-electron chi connectivity index (χ0n) is 17.6. The molecule has 0 aliphatic carbocycles. The highest BCUT2D eigenvalue weighted by Crippen LogP contribution is 2.36. The lowest BCUT2D eigenvalue weighted by Crippen LogP contribution is -2.48. The zero-order chi connectivity index (χ0) is 21.6. The molecule has 2 heterocycles. The van der Waals surface area contributed by atoms with Crippen LogP contribution in [0.4, 0.5) is 5.69 Å². The molecule has 1 amide bonds. The van der Waals surface area contributed by atoms with E-state index in [4.69, 9.17) is 0 Å². The van der Waals surface area contributed by atoms with Crippen LogP contribution in [0, 0.1) is 19.8 Å². The molecule has 0 aromatic heterocycles. The first-order valence-corrected chi connectivity index (χ1v) is 12.6. The second-order valence-electron chi connectivity index (χ2n) is 8.51. The third-order valence-electron chi connectivity index (χ3n) is 6.19. The summed E-state index contributed by atoms with van der Waals surface area (Å²) < 4.78 is 29.2. The van der Waals surface area contributed by atoms with E-state index in [0.29, 0.717) is 24.3 Å². The van der Waals surface area contributed by atoms with Gasteiger partial charge in [-0.3, -0.25) is 4.79 Å². The number of nitrogens with zero attached hydrogens (tertiary/aromatic N) is 2. The molecule has 2 aliphatic heterocycles. The van der Waals surface area contributed by atoms with Crippen molar-refractivity contribution in [1.29, 1.82) is 0 Å². The van der Waals surface area contributed by atoms with Crippen LogP contribution >= 0.6 is 15.9 Å². The summed E-state index contributed by atoms with van der Waals surface area (Å²) in [6.45, 7) is 6.47. The fourth-order valence-corrected chi connectivity index (χ4v) is 6.86. The van der Waals surface area contributed by atoms with Gasteiger partial charge in [0.05, 0.1) is 10.8 Å². The summed E-state index contributed by atoms with van der Waals surface area (Å²) in [5.74, 6) is -0.292. The summed E-state index contributed by atoms with van der Waals surface area (Å²) in [6, 6.07) is 11.6. The van der Waals surface area contributed by atoms with Crippen LogP contribution in [0.1, 0.15) is 36.5 Å². The number of sulfonamides is 1. The van der Waals surface area contributed by atoms with Crippen molar-refractivity contribution in [3.63, 3.8) is 0 Å². The summed E-state index contributed by atoms with van der Waals surface area (Å²) in [4.78, 5) is 15.7. The van der Waals surface area contributed by atoms with Gasteiger partial charge in [0, 0.05) is 29.3 Å². The molecule has 1 saturated heterocycles. The number of fused-ring (bicyclic) bond motifs is 1. The Morgan fingerprint density at radius 2 is 1.90 bits per heavy atom. The molecule has 0 bridgehead atoms. The first-order valence-electron chi connectivity index (χ1n) is 10.4. The first-order chi connectivity index (χ1) is 14.2. The number of halogens is 1. The van der Waals surface area contributed by atoms with E-state index >= 15 is 0 Å². The van der Waals surface area contributed by atoms with Gasteiger partial charge in [0.25, 0.3) is 0 Å². The Morgan fingerprint density at radius 3 is 2.67 bits per heavy atom. The molecule has 0 saturated carbocycles. The fraction of sp³-hybridized carbons (Fsp3) is 0.435. The molecule has 30 heavy (non-hydrogen) atoms. The molecular weight excluding hydrogens is 464 g/mol. The maximum absolute atomic E-state index is 13.5. The highest BCUT2D eigenvalue weighted by atomic mass is 79.9. The lowest BCUT2D eigenvalue weighted by molar-refractivity contribution is -0.123. The van der Waals surface area contributed by atoms with Crippen LogP contribution in [0.15, 0.2) is 45.8 Å². The highest BCUT2D eigenvalue weighted by Gasteiger charge is 2.39. The van der Waals surface area contributed by atoms with E-state index in [-0.39, 0.29) is 24.4 Å². The molecule has 5 nitrogen and oxygen atoms in total. The van der Waals surface area contributed by atoms with Crippen molar-refractivity contribution >= 4 is 37.5 Å². The van der Waals surface area contributed by atoms with Crippen LogP contribution < -0.4 is 4.90 Å². The number of aryl methyl sites for hydroxylation is 2. The van der Waals surface area contributed by atoms with E-state index in [9.17, 15) is 13.2 Å². The quantitative estimate of drug-likeness (QED) is 0.638. The van der Waals surface area contributed by atoms with Crippen molar-refractivity contribution in [2.45, 2.75) is 51.0 Å². The van der Waals surface area contributed by atoms with E-state index in [1.54, 1.807) is 6.07 Å². The Labute approximate surface area is 187 Å². The molecule has 2 aliphatic rings. The van der Waals surface area contributed by atoms with Crippen LogP contribution in [0.2, 0.25) is 0 Å². The predicted octanol–water partition coefficient (Wildman–Crippen LogP) is 4.44. The Kier molecular flexibility index (Phi) is 5.81. The molecule has 0 spiro atoms. The number of amides is 1. The average molecular weight is 491 g/mol. The predicted molar refractivity (Wildman–Crippen MR) is 122 cm³/mol. The van der Waals surface area contributed by atoms with Gasteiger partial charge in [-0.2, -0.15) is 4.31 Å². The van der Waals surface area contributed by atoms with Crippen LogP contribution in [0.25, 0.3) is 0 Å². The van der Waals surface area contributed by atoms with Crippen molar-refractivity contribution in [2.75, 3.05) is 18.0 Å². The van der Waals surface area contributed by atoms with Gasteiger partial charge in [-0.05, 0) is 81.0 Å². The number of rotatable bonds is 3. The number of hydrogen-bond acceptors (Lipinski definition) is 3. The molecule has 160 valence electrons.